The molecule has 7 heteroatoms. The van der Waals surface area contributed by atoms with Gasteiger partial charge in [0, 0.05) is 37.8 Å². The fourth-order valence-corrected chi connectivity index (χ4v) is 3.10. The van der Waals surface area contributed by atoms with Crippen LogP contribution in [0.2, 0.25) is 0 Å². The lowest BCUT2D eigenvalue weighted by atomic mass is 10.2. The van der Waals surface area contributed by atoms with Crippen LogP contribution in [0.3, 0.4) is 0 Å². The van der Waals surface area contributed by atoms with E-state index in [4.69, 9.17) is 9.26 Å². The molecule has 1 saturated heterocycles. The molecule has 0 bridgehead atoms. The van der Waals surface area contributed by atoms with Gasteiger partial charge in [-0.2, -0.15) is 4.98 Å². The molecule has 134 valence electrons. The lowest BCUT2D eigenvalue weighted by molar-refractivity contribution is 0.409. The number of benzene rings is 2. The fraction of sp³-hybridized carbons (Fsp3) is 0.263. The van der Waals surface area contributed by atoms with E-state index in [-0.39, 0.29) is 5.82 Å². The third-order valence-corrected chi connectivity index (χ3v) is 4.48. The Morgan fingerprint density at radius 1 is 1.00 bits per heavy atom. The van der Waals surface area contributed by atoms with Crippen molar-refractivity contribution in [1.82, 2.24) is 10.1 Å². The van der Waals surface area contributed by atoms with Crippen molar-refractivity contribution in [2.45, 2.75) is 0 Å². The van der Waals surface area contributed by atoms with E-state index in [0.717, 1.165) is 37.4 Å². The first-order valence-corrected chi connectivity index (χ1v) is 8.47. The van der Waals surface area contributed by atoms with E-state index in [2.05, 4.69) is 19.9 Å². The molecule has 0 amide bonds. The van der Waals surface area contributed by atoms with Crippen molar-refractivity contribution in [3.63, 3.8) is 0 Å². The summed E-state index contributed by atoms with van der Waals surface area (Å²) in [6.45, 7) is 3.01. The van der Waals surface area contributed by atoms with Crippen LogP contribution in [0.15, 0.2) is 53.1 Å². The number of ether oxygens (including phenoxy) is 1. The van der Waals surface area contributed by atoms with E-state index >= 15 is 0 Å². The molecule has 2 heterocycles. The highest BCUT2D eigenvalue weighted by molar-refractivity contribution is 5.60. The van der Waals surface area contributed by atoms with Crippen molar-refractivity contribution in [1.29, 1.82) is 0 Å². The molecule has 1 fully saturated rings. The van der Waals surface area contributed by atoms with Crippen LogP contribution in [-0.2, 0) is 0 Å². The fourth-order valence-electron chi connectivity index (χ4n) is 3.10. The zero-order valence-electron chi connectivity index (χ0n) is 14.4. The molecule has 26 heavy (non-hydrogen) atoms. The molecule has 0 N–H and O–H groups in total. The summed E-state index contributed by atoms with van der Waals surface area (Å²) in [5, 5.41) is 4.11. The number of hydrogen-bond donors (Lipinski definition) is 0. The highest BCUT2D eigenvalue weighted by Crippen LogP contribution is 2.30. The van der Waals surface area contributed by atoms with E-state index in [1.54, 1.807) is 13.2 Å². The number of aromatic nitrogens is 2. The summed E-state index contributed by atoms with van der Waals surface area (Å²) < 4.78 is 24.1. The topological polar surface area (TPSA) is 54.6 Å². The van der Waals surface area contributed by atoms with Gasteiger partial charge in [-0.15, -0.1) is 0 Å². The Hall–Kier alpha value is -3.09. The Bertz CT molecular complexity index is 876. The lowest BCUT2D eigenvalue weighted by Crippen LogP contribution is -2.47. The van der Waals surface area contributed by atoms with Gasteiger partial charge < -0.3 is 19.1 Å². The molecule has 2 aromatic carbocycles. The normalized spacial score (nSPS) is 14.5. The first-order chi connectivity index (χ1) is 12.7. The van der Waals surface area contributed by atoms with Crippen LogP contribution in [0, 0.1) is 5.82 Å². The third kappa shape index (κ3) is 3.20. The van der Waals surface area contributed by atoms with Crippen molar-refractivity contribution in [3.8, 4) is 17.2 Å². The molecule has 1 aliphatic heterocycles. The minimum absolute atomic E-state index is 0.301. The lowest BCUT2D eigenvalue weighted by Gasteiger charge is -2.35. The van der Waals surface area contributed by atoms with E-state index in [1.807, 2.05) is 30.3 Å². The minimum atomic E-state index is -0.301. The minimum Gasteiger partial charge on any atom is -0.494 e. The predicted molar refractivity (Wildman–Crippen MR) is 97.1 cm³/mol. The van der Waals surface area contributed by atoms with Crippen LogP contribution in [0.1, 0.15) is 0 Å². The van der Waals surface area contributed by atoms with Crippen molar-refractivity contribution >= 4 is 11.6 Å². The zero-order chi connectivity index (χ0) is 17.9. The molecule has 1 aliphatic rings. The highest BCUT2D eigenvalue weighted by atomic mass is 19.1. The Morgan fingerprint density at radius 2 is 1.73 bits per heavy atom. The maximum absolute atomic E-state index is 13.4. The molecular weight excluding hydrogens is 335 g/mol. The molecule has 1 aromatic heterocycles. The van der Waals surface area contributed by atoms with E-state index < -0.39 is 0 Å². The van der Waals surface area contributed by atoms with E-state index in [0.29, 0.717) is 17.6 Å². The summed E-state index contributed by atoms with van der Waals surface area (Å²) in [7, 11) is 1.55. The van der Waals surface area contributed by atoms with Gasteiger partial charge in [-0.25, -0.2) is 4.39 Å². The number of anilines is 2. The van der Waals surface area contributed by atoms with Crippen LogP contribution in [-0.4, -0.2) is 43.4 Å². The largest absolute Gasteiger partial charge is 0.494 e. The molecule has 3 aromatic rings. The first-order valence-electron chi connectivity index (χ1n) is 8.47. The van der Waals surface area contributed by atoms with Crippen molar-refractivity contribution in [3.05, 3.63) is 54.3 Å². The molecule has 0 aliphatic carbocycles. The number of methoxy groups -OCH3 is 1. The third-order valence-electron chi connectivity index (χ3n) is 4.48. The van der Waals surface area contributed by atoms with Gasteiger partial charge in [0.2, 0.25) is 0 Å². The Labute approximate surface area is 150 Å². The molecule has 4 rings (SSSR count). The number of hydrogen-bond acceptors (Lipinski definition) is 6. The molecule has 0 atom stereocenters. The maximum Gasteiger partial charge on any atom is 0.266 e. The van der Waals surface area contributed by atoms with Crippen LogP contribution in [0.4, 0.5) is 16.0 Å². The standard InChI is InChI=1S/C19H19FN4O2/c1-25-17-13-15(20)7-8-16(17)23-9-11-24(12-10-23)19-21-18(26-22-19)14-5-3-2-4-6-14/h2-8,13H,9-12H2,1H3. The van der Waals surface area contributed by atoms with Crippen molar-refractivity contribution in [2.24, 2.45) is 0 Å². The van der Waals surface area contributed by atoms with Gasteiger partial charge in [0.25, 0.3) is 11.8 Å². The van der Waals surface area contributed by atoms with Crippen molar-refractivity contribution < 1.29 is 13.7 Å². The molecule has 0 spiro atoms. The monoisotopic (exact) mass is 354 g/mol. The van der Waals surface area contributed by atoms with E-state index in [1.165, 1.54) is 12.1 Å². The van der Waals surface area contributed by atoms with Gasteiger partial charge >= 0.3 is 0 Å². The van der Waals surface area contributed by atoms with Crippen molar-refractivity contribution in [2.75, 3.05) is 43.1 Å². The predicted octanol–water partition coefficient (Wildman–Crippen LogP) is 3.21. The van der Waals surface area contributed by atoms with Gasteiger partial charge in [0.1, 0.15) is 11.6 Å². The summed E-state index contributed by atoms with van der Waals surface area (Å²) in [6, 6.07) is 14.3. The second-order valence-electron chi connectivity index (χ2n) is 6.06. The van der Waals surface area contributed by atoms with Gasteiger partial charge in [0.05, 0.1) is 12.8 Å². The summed E-state index contributed by atoms with van der Waals surface area (Å²) >= 11 is 0. The van der Waals surface area contributed by atoms with Gasteiger partial charge in [0.15, 0.2) is 0 Å². The smallest absolute Gasteiger partial charge is 0.266 e. The van der Waals surface area contributed by atoms with Gasteiger partial charge in [-0.3, -0.25) is 0 Å². The number of halogens is 1. The summed E-state index contributed by atoms with van der Waals surface area (Å²) in [5.74, 6) is 1.35. The Morgan fingerprint density at radius 3 is 2.46 bits per heavy atom. The summed E-state index contributed by atoms with van der Waals surface area (Å²) in [4.78, 5) is 8.76. The van der Waals surface area contributed by atoms with Crippen LogP contribution >= 0.6 is 0 Å². The summed E-state index contributed by atoms with van der Waals surface area (Å²) in [5.41, 5.74) is 1.80. The van der Waals surface area contributed by atoms with Gasteiger partial charge in [-0.05, 0) is 29.4 Å². The first kappa shape index (κ1) is 16.4. The number of nitrogens with zero attached hydrogens (tertiary/aromatic N) is 4. The van der Waals surface area contributed by atoms with Crippen LogP contribution in [0.25, 0.3) is 11.5 Å². The SMILES string of the molecule is COc1cc(F)ccc1N1CCN(c2noc(-c3ccccc3)n2)CC1. The average molecular weight is 354 g/mol. The quantitative estimate of drug-likeness (QED) is 0.717. The maximum atomic E-state index is 13.4. The molecule has 6 nitrogen and oxygen atoms in total. The second-order valence-corrected chi connectivity index (χ2v) is 6.06. The number of rotatable bonds is 4. The second kappa shape index (κ2) is 7.03. The Balaban J connectivity index is 1.45. The molecule has 0 saturated carbocycles. The van der Waals surface area contributed by atoms with Gasteiger partial charge in [-0.1, -0.05) is 18.2 Å². The summed E-state index contributed by atoms with van der Waals surface area (Å²) in [6.07, 6.45) is 0. The van der Waals surface area contributed by atoms with E-state index in [9.17, 15) is 4.39 Å². The average Bonchev–Trinajstić information content (AvgIpc) is 3.19. The molecular formula is C19H19FN4O2. The Kier molecular flexibility index (Phi) is 4.43. The molecule has 0 unspecified atom stereocenters. The van der Waals surface area contributed by atoms with Crippen LogP contribution < -0.4 is 14.5 Å². The van der Waals surface area contributed by atoms with Crippen LogP contribution in [0.5, 0.6) is 5.75 Å². The molecule has 0 radical (unpaired) electrons. The highest BCUT2D eigenvalue weighted by Gasteiger charge is 2.23. The number of piperazine rings is 1. The zero-order valence-corrected chi connectivity index (χ0v) is 14.4.